The Labute approximate surface area is 203 Å². The smallest absolute Gasteiger partial charge is 0.184 e. The van der Waals surface area contributed by atoms with Gasteiger partial charge in [-0.2, -0.15) is 5.10 Å². The van der Waals surface area contributed by atoms with Crippen molar-refractivity contribution in [2.45, 2.75) is 38.0 Å². The fourth-order valence-corrected chi connectivity index (χ4v) is 5.08. The van der Waals surface area contributed by atoms with Crippen LogP contribution < -0.4 is 5.32 Å². The molecule has 2 atom stereocenters. The number of aliphatic hydroxyl groups is 1. The monoisotopic (exact) mass is 476 g/mol. The number of carbonyl (C=O) groups excluding carboxylic acids is 1. The number of aromatic nitrogens is 3. The van der Waals surface area contributed by atoms with Gasteiger partial charge in [0.2, 0.25) is 0 Å². The SMILES string of the molecule is CN(C)Cc1ccc(C2NCc3cc(F)cc4c3C(=NCC4=O)C2c2ncnn2CCCO)cc1. The summed E-state index contributed by atoms with van der Waals surface area (Å²) in [4.78, 5) is 24.2. The summed E-state index contributed by atoms with van der Waals surface area (Å²) >= 11 is 0. The van der Waals surface area contributed by atoms with Crippen LogP contribution in [0.5, 0.6) is 0 Å². The Morgan fingerprint density at radius 2 is 2.03 bits per heavy atom. The molecule has 182 valence electrons. The summed E-state index contributed by atoms with van der Waals surface area (Å²) in [6.45, 7) is 1.74. The van der Waals surface area contributed by atoms with Crippen LogP contribution in [0.4, 0.5) is 4.39 Å². The van der Waals surface area contributed by atoms with Gasteiger partial charge in [-0.1, -0.05) is 24.3 Å². The van der Waals surface area contributed by atoms with Crippen LogP contribution in [-0.2, 0) is 19.6 Å². The molecule has 0 bridgehead atoms. The number of Topliss-reactive ketones (excluding diaryl/α,β-unsaturated/α-hetero) is 1. The van der Waals surface area contributed by atoms with E-state index in [2.05, 4.69) is 44.6 Å². The molecule has 0 saturated carbocycles. The lowest BCUT2D eigenvalue weighted by Crippen LogP contribution is -2.33. The molecule has 2 aromatic carbocycles. The van der Waals surface area contributed by atoms with Crippen LogP contribution in [0.1, 0.15) is 56.8 Å². The van der Waals surface area contributed by atoms with Crippen LogP contribution in [-0.4, -0.2) is 63.5 Å². The minimum atomic E-state index is -0.427. The molecule has 9 heteroatoms. The number of nitrogens with zero attached hydrogens (tertiary/aromatic N) is 5. The second kappa shape index (κ2) is 9.77. The van der Waals surface area contributed by atoms with Crippen molar-refractivity contribution in [1.29, 1.82) is 0 Å². The number of rotatable bonds is 7. The van der Waals surface area contributed by atoms with Crippen molar-refractivity contribution in [2.24, 2.45) is 4.99 Å². The van der Waals surface area contributed by atoms with E-state index in [0.29, 0.717) is 42.0 Å². The van der Waals surface area contributed by atoms with E-state index in [9.17, 15) is 14.3 Å². The highest BCUT2D eigenvalue weighted by Crippen LogP contribution is 2.40. The average Bonchev–Trinajstić information content (AvgIpc) is 3.23. The maximum Gasteiger partial charge on any atom is 0.184 e. The Balaban J connectivity index is 1.65. The molecule has 1 aromatic heterocycles. The molecule has 2 N–H and O–H groups in total. The molecule has 0 saturated heterocycles. The van der Waals surface area contributed by atoms with Gasteiger partial charge in [0.05, 0.1) is 11.6 Å². The highest BCUT2D eigenvalue weighted by molar-refractivity contribution is 6.18. The van der Waals surface area contributed by atoms with E-state index in [0.717, 1.165) is 17.8 Å². The first kappa shape index (κ1) is 23.5. The summed E-state index contributed by atoms with van der Waals surface area (Å²) in [5.74, 6) is -0.264. The number of hydrogen-bond acceptors (Lipinski definition) is 7. The predicted octanol–water partition coefficient (Wildman–Crippen LogP) is 2.47. The van der Waals surface area contributed by atoms with Gasteiger partial charge in [0, 0.05) is 43.4 Å². The number of aliphatic hydroxyl groups excluding tert-OH is 1. The number of benzene rings is 2. The number of aliphatic imine (C=N–C) groups is 1. The Hall–Kier alpha value is -3.27. The van der Waals surface area contributed by atoms with E-state index >= 15 is 0 Å². The van der Waals surface area contributed by atoms with Gasteiger partial charge >= 0.3 is 0 Å². The zero-order valence-corrected chi connectivity index (χ0v) is 19.9. The van der Waals surface area contributed by atoms with E-state index < -0.39 is 5.82 Å². The maximum absolute atomic E-state index is 14.5. The highest BCUT2D eigenvalue weighted by Gasteiger charge is 2.40. The summed E-state index contributed by atoms with van der Waals surface area (Å²) in [6.07, 6.45) is 2.05. The first-order chi connectivity index (χ1) is 17.0. The quantitative estimate of drug-likeness (QED) is 0.544. The molecule has 2 aliphatic heterocycles. The van der Waals surface area contributed by atoms with Crippen molar-refractivity contribution in [1.82, 2.24) is 25.0 Å². The van der Waals surface area contributed by atoms with Gasteiger partial charge in [-0.05, 0) is 49.3 Å². The third kappa shape index (κ3) is 4.54. The first-order valence-electron chi connectivity index (χ1n) is 11.8. The molecule has 0 fully saturated rings. The molecular weight excluding hydrogens is 447 g/mol. The molecule has 0 spiro atoms. The fraction of sp³-hybridized carbons (Fsp3) is 0.385. The predicted molar refractivity (Wildman–Crippen MR) is 130 cm³/mol. The minimum Gasteiger partial charge on any atom is -0.396 e. The van der Waals surface area contributed by atoms with Crippen molar-refractivity contribution in [3.05, 3.63) is 82.2 Å². The van der Waals surface area contributed by atoms with Crippen LogP contribution >= 0.6 is 0 Å². The van der Waals surface area contributed by atoms with Gasteiger partial charge in [-0.25, -0.2) is 14.1 Å². The van der Waals surface area contributed by atoms with Gasteiger partial charge < -0.3 is 15.3 Å². The zero-order chi connectivity index (χ0) is 24.5. The Morgan fingerprint density at radius 1 is 1.23 bits per heavy atom. The van der Waals surface area contributed by atoms with Crippen LogP contribution in [0, 0.1) is 5.82 Å². The molecule has 0 radical (unpaired) electrons. The summed E-state index contributed by atoms with van der Waals surface area (Å²) in [5.41, 5.74) is 4.75. The third-order valence-electron chi connectivity index (χ3n) is 6.56. The van der Waals surface area contributed by atoms with Crippen molar-refractivity contribution in [2.75, 3.05) is 27.2 Å². The first-order valence-corrected chi connectivity index (χ1v) is 11.8. The van der Waals surface area contributed by atoms with Gasteiger partial charge in [-0.3, -0.25) is 9.79 Å². The van der Waals surface area contributed by atoms with E-state index in [1.54, 1.807) is 4.68 Å². The van der Waals surface area contributed by atoms with Gasteiger partial charge in [0.1, 0.15) is 24.5 Å². The lowest BCUT2D eigenvalue weighted by atomic mass is 9.81. The maximum atomic E-state index is 14.5. The summed E-state index contributed by atoms with van der Waals surface area (Å²) in [6, 6.07) is 11.0. The number of halogens is 1. The number of aryl methyl sites for hydroxylation is 1. The van der Waals surface area contributed by atoms with E-state index in [-0.39, 0.29) is 30.9 Å². The summed E-state index contributed by atoms with van der Waals surface area (Å²) in [5, 5.41) is 17.4. The molecule has 35 heavy (non-hydrogen) atoms. The molecule has 8 nitrogen and oxygen atoms in total. The molecule has 3 aromatic rings. The second-order valence-electron chi connectivity index (χ2n) is 9.35. The Kier molecular flexibility index (Phi) is 6.55. The molecule has 0 aliphatic carbocycles. The molecule has 0 amide bonds. The van der Waals surface area contributed by atoms with Crippen molar-refractivity contribution >= 4 is 11.5 Å². The normalized spacial score (nSPS) is 19.5. The van der Waals surface area contributed by atoms with Gasteiger partial charge in [0.25, 0.3) is 0 Å². The van der Waals surface area contributed by atoms with Crippen molar-refractivity contribution in [3.8, 4) is 0 Å². The van der Waals surface area contributed by atoms with E-state index in [4.69, 9.17) is 4.99 Å². The molecular formula is C26H29FN6O2. The molecule has 2 unspecified atom stereocenters. The third-order valence-corrected chi connectivity index (χ3v) is 6.56. The van der Waals surface area contributed by atoms with Crippen LogP contribution in [0.2, 0.25) is 0 Å². The number of hydrogen-bond donors (Lipinski definition) is 2. The lowest BCUT2D eigenvalue weighted by molar-refractivity contribution is 0.0999. The number of ketones is 1. The summed E-state index contributed by atoms with van der Waals surface area (Å²) < 4.78 is 16.3. The zero-order valence-electron chi connectivity index (χ0n) is 19.9. The Morgan fingerprint density at radius 3 is 2.77 bits per heavy atom. The van der Waals surface area contributed by atoms with Crippen molar-refractivity contribution in [3.63, 3.8) is 0 Å². The summed E-state index contributed by atoms with van der Waals surface area (Å²) in [7, 11) is 4.07. The fourth-order valence-electron chi connectivity index (χ4n) is 5.08. The van der Waals surface area contributed by atoms with Gasteiger partial charge in [-0.15, -0.1) is 0 Å². The number of carbonyl (C=O) groups is 1. The second-order valence-corrected chi connectivity index (χ2v) is 9.35. The molecule has 2 aliphatic rings. The Bertz CT molecular complexity index is 1270. The highest BCUT2D eigenvalue weighted by atomic mass is 19.1. The van der Waals surface area contributed by atoms with E-state index in [1.165, 1.54) is 24.0 Å². The van der Waals surface area contributed by atoms with E-state index in [1.807, 2.05) is 14.1 Å². The lowest BCUT2D eigenvalue weighted by Gasteiger charge is -2.29. The molecule has 3 heterocycles. The van der Waals surface area contributed by atoms with Crippen molar-refractivity contribution < 1.29 is 14.3 Å². The molecule has 5 rings (SSSR count). The van der Waals surface area contributed by atoms with Gasteiger partial charge in [0.15, 0.2) is 5.78 Å². The minimum absolute atomic E-state index is 0.0268. The van der Waals surface area contributed by atoms with Crippen LogP contribution in [0.25, 0.3) is 0 Å². The van der Waals surface area contributed by atoms with Crippen LogP contribution in [0.15, 0.2) is 47.7 Å². The standard InChI is InChI=1S/C26H29FN6O2/c1-32(2)14-16-4-6-17(7-5-16)24-23(26-30-15-31-33(26)8-3-9-34)25-22-18(12-28-24)10-19(27)11-20(22)21(35)13-29-25/h4-7,10-11,15,23-24,28,34H,3,8-9,12-14H2,1-2H3. The van der Waals surface area contributed by atoms with Crippen LogP contribution in [0.3, 0.4) is 0 Å². The average molecular weight is 477 g/mol. The topological polar surface area (TPSA) is 95.6 Å². The largest absolute Gasteiger partial charge is 0.396 e. The number of nitrogens with one attached hydrogen (secondary N) is 1.